The SMILES string of the molecule is CC(C)NCc1cncc(-c2ccc3c(c2)CCO3)c1. The van der Waals surface area contributed by atoms with Gasteiger partial charge in [0.25, 0.3) is 0 Å². The van der Waals surface area contributed by atoms with Crippen molar-refractivity contribution in [2.24, 2.45) is 0 Å². The zero-order chi connectivity index (χ0) is 13.9. The molecule has 20 heavy (non-hydrogen) atoms. The van der Waals surface area contributed by atoms with E-state index in [2.05, 4.69) is 48.4 Å². The van der Waals surface area contributed by atoms with Crippen LogP contribution >= 0.6 is 0 Å². The van der Waals surface area contributed by atoms with E-state index in [1.54, 1.807) is 0 Å². The third-order valence-electron chi connectivity index (χ3n) is 3.53. The highest BCUT2D eigenvalue weighted by atomic mass is 16.5. The monoisotopic (exact) mass is 268 g/mol. The molecule has 0 aliphatic carbocycles. The summed E-state index contributed by atoms with van der Waals surface area (Å²) in [5, 5.41) is 3.42. The van der Waals surface area contributed by atoms with E-state index >= 15 is 0 Å². The van der Waals surface area contributed by atoms with Crippen LogP contribution in [0.15, 0.2) is 36.7 Å². The van der Waals surface area contributed by atoms with Gasteiger partial charge in [-0.15, -0.1) is 0 Å². The Bertz CT molecular complexity index is 608. The van der Waals surface area contributed by atoms with Gasteiger partial charge in [-0.1, -0.05) is 19.9 Å². The predicted octanol–water partition coefficient (Wildman–Crippen LogP) is 3.18. The van der Waals surface area contributed by atoms with Crippen molar-refractivity contribution in [3.05, 3.63) is 47.8 Å². The summed E-state index contributed by atoms with van der Waals surface area (Å²) >= 11 is 0. The van der Waals surface area contributed by atoms with E-state index in [9.17, 15) is 0 Å². The minimum Gasteiger partial charge on any atom is -0.493 e. The molecule has 1 aromatic heterocycles. The van der Waals surface area contributed by atoms with E-state index in [0.717, 1.165) is 25.3 Å². The summed E-state index contributed by atoms with van der Waals surface area (Å²) in [6, 6.07) is 9.09. The molecule has 0 bridgehead atoms. The Labute approximate surface area is 120 Å². The number of rotatable bonds is 4. The number of benzene rings is 1. The fraction of sp³-hybridized carbons (Fsp3) is 0.353. The van der Waals surface area contributed by atoms with Crippen molar-refractivity contribution in [2.75, 3.05) is 6.61 Å². The van der Waals surface area contributed by atoms with E-state index in [1.807, 2.05) is 12.4 Å². The van der Waals surface area contributed by atoms with E-state index < -0.39 is 0 Å². The highest BCUT2D eigenvalue weighted by molar-refractivity contribution is 5.65. The quantitative estimate of drug-likeness (QED) is 0.924. The first-order valence-electron chi connectivity index (χ1n) is 7.16. The first-order valence-corrected chi connectivity index (χ1v) is 7.16. The van der Waals surface area contributed by atoms with Gasteiger partial charge in [-0.25, -0.2) is 0 Å². The van der Waals surface area contributed by atoms with Crippen LogP contribution < -0.4 is 10.1 Å². The largest absolute Gasteiger partial charge is 0.493 e. The molecule has 3 rings (SSSR count). The molecular weight excluding hydrogens is 248 g/mol. The molecule has 1 N–H and O–H groups in total. The molecule has 2 aromatic rings. The molecule has 2 heterocycles. The lowest BCUT2D eigenvalue weighted by Crippen LogP contribution is -2.21. The number of aromatic nitrogens is 1. The standard InChI is InChI=1S/C17H20N2O/c1-12(2)19-10-13-7-16(11-18-9-13)14-3-4-17-15(8-14)5-6-20-17/h3-4,7-9,11-12,19H,5-6,10H2,1-2H3. The fourth-order valence-corrected chi connectivity index (χ4v) is 2.43. The van der Waals surface area contributed by atoms with Gasteiger partial charge in [0.05, 0.1) is 6.61 Å². The lowest BCUT2D eigenvalue weighted by atomic mass is 10.0. The highest BCUT2D eigenvalue weighted by Gasteiger charge is 2.12. The first kappa shape index (κ1) is 13.1. The number of nitrogens with one attached hydrogen (secondary N) is 1. The molecule has 1 aliphatic rings. The van der Waals surface area contributed by atoms with Crippen molar-refractivity contribution in [3.8, 4) is 16.9 Å². The third-order valence-corrected chi connectivity index (χ3v) is 3.53. The van der Waals surface area contributed by atoms with Crippen LogP contribution in [-0.2, 0) is 13.0 Å². The molecule has 0 spiro atoms. The van der Waals surface area contributed by atoms with Gasteiger partial charge in [-0.2, -0.15) is 0 Å². The van der Waals surface area contributed by atoms with Crippen LogP contribution in [-0.4, -0.2) is 17.6 Å². The van der Waals surface area contributed by atoms with Crippen molar-refractivity contribution < 1.29 is 4.74 Å². The minimum atomic E-state index is 0.482. The molecule has 0 unspecified atom stereocenters. The van der Waals surface area contributed by atoms with E-state index in [-0.39, 0.29) is 0 Å². The number of nitrogens with zero attached hydrogens (tertiary/aromatic N) is 1. The molecule has 0 saturated carbocycles. The van der Waals surface area contributed by atoms with E-state index in [1.165, 1.54) is 22.3 Å². The lowest BCUT2D eigenvalue weighted by Gasteiger charge is -2.09. The first-order chi connectivity index (χ1) is 9.72. The molecule has 0 radical (unpaired) electrons. The summed E-state index contributed by atoms with van der Waals surface area (Å²) in [5.41, 5.74) is 4.90. The van der Waals surface area contributed by atoms with Crippen molar-refractivity contribution in [2.45, 2.75) is 32.9 Å². The number of hydrogen-bond acceptors (Lipinski definition) is 3. The molecule has 3 nitrogen and oxygen atoms in total. The Morgan fingerprint density at radius 3 is 2.95 bits per heavy atom. The van der Waals surface area contributed by atoms with Gasteiger partial charge in [-0.05, 0) is 34.9 Å². The summed E-state index contributed by atoms with van der Waals surface area (Å²) in [6.45, 7) is 5.96. The van der Waals surface area contributed by atoms with Crippen molar-refractivity contribution >= 4 is 0 Å². The van der Waals surface area contributed by atoms with Crippen LogP contribution in [0.1, 0.15) is 25.0 Å². The molecule has 0 fully saturated rings. The van der Waals surface area contributed by atoms with Crippen molar-refractivity contribution in [3.63, 3.8) is 0 Å². The van der Waals surface area contributed by atoms with Gasteiger partial charge in [0.2, 0.25) is 0 Å². The zero-order valence-corrected chi connectivity index (χ0v) is 12.0. The molecule has 0 atom stereocenters. The second-order valence-corrected chi connectivity index (χ2v) is 5.54. The molecule has 104 valence electrons. The summed E-state index contributed by atoms with van der Waals surface area (Å²) in [4.78, 5) is 4.36. The van der Waals surface area contributed by atoms with Crippen LogP contribution in [0.5, 0.6) is 5.75 Å². The summed E-state index contributed by atoms with van der Waals surface area (Å²) in [5.74, 6) is 1.03. The van der Waals surface area contributed by atoms with Gasteiger partial charge in [-0.3, -0.25) is 4.98 Å². The fourth-order valence-electron chi connectivity index (χ4n) is 2.43. The van der Waals surface area contributed by atoms with Gasteiger partial charge in [0, 0.05) is 37.0 Å². The number of ether oxygens (including phenoxy) is 1. The summed E-state index contributed by atoms with van der Waals surface area (Å²) in [7, 11) is 0. The summed E-state index contributed by atoms with van der Waals surface area (Å²) < 4.78 is 5.55. The second kappa shape index (κ2) is 5.63. The zero-order valence-electron chi connectivity index (χ0n) is 12.0. The average Bonchev–Trinajstić information content (AvgIpc) is 2.93. The van der Waals surface area contributed by atoms with Crippen LogP contribution in [0.4, 0.5) is 0 Å². The third kappa shape index (κ3) is 2.83. The van der Waals surface area contributed by atoms with Crippen LogP contribution in [0.2, 0.25) is 0 Å². The minimum absolute atomic E-state index is 0.482. The van der Waals surface area contributed by atoms with Crippen LogP contribution in [0.3, 0.4) is 0 Å². The Hall–Kier alpha value is -1.87. The van der Waals surface area contributed by atoms with Gasteiger partial charge < -0.3 is 10.1 Å². The number of fused-ring (bicyclic) bond motifs is 1. The van der Waals surface area contributed by atoms with E-state index in [0.29, 0.717) is 6.04 Å². The average molecular weight is 268 g/mol. The molecule has 0 saturated heterocycles. The van der Waals surface area contributed by atoms with Gasteiger partial charge in [0.15, 0.2) is 0 Å². The molecule has 1 aliphatic heterocycles. The maximum absolute atomic E-state index is 5.55. The molecule has 1 aromatic carbocycles. The van der Waals surface area contributed by atoms with Gasteiger partial charge in [0.1, 0.15) is 5.75 Å². The number of hydrogen-bond donors (Lipinski definition) is 1. The Kier molecular flexibility index (Phi) is 3.70. The van der Waals surface area contributed by atoms with Crippen molar-refractivity contribution in [1.82, 2.24) is 10.3 Å². The van der Waals surface area contributed by atoms with E-state index in [4.69, 9.17) is 4.74 Å². The Balaban J connectivity index is 1.84. The topological polar surface area (TPSA) is 34.2 Å². The van der Waals surface area contributed by atoms with Crippen molar-refractivity contribution in [1.29, 1.82) is 0 Å². The van der Waals surface area contributed by atoms with Gasteiger partial charge >= 0.3 is 0 Å². The normalized spacial score (nSPS) is 13.3. The maximum Gasteiger partial charge on any atom is 0.122 e. The predicted molar refractivity (Wildman–Crippen MR) is 80.8 cm³/mol. The van der Waals surface area contributed by atoms with Crippen LogP contribution in [0.25, 0.3) is 11.1 Å². The van der Waals surface area contributed by atoms with Crippen LogP contribution in [0, 0.1) is 0 Å². The Morgan fingerprint density at radius 1 is 1.20 bits per heavy atom. The number of pyridine rings is 1. The molecule has 3 heteroatoms. The smallest absolute Gasteiger partial charge is 0.122 e. The maximum atomic E-state index is 5.55. The second-order valence-electron chi connectivity index (χ2n) is 5.54. The molecule has 0 amide bonds. The molecular formula is C17H20N2O. The Morgan fingerprint density at radius 2 is 2.10 bits per heavy atom. The lowest BCUT2D eigenvalue weighted by molar-refractivity contribution is 0.357. The highest BCUT2D eigenvalue weighted by Crippen LogP contribution is 2.30. The summed E-state index contributed by atoms with van der Waals surface area (Å²) in [6.07, 6.45) is 4.86.